The summed E-state index contributed by atoms with van der Waals surface area (Å²) in [6, 6.07) is 3.96. The van der Waals surface area contributed by atoms with Gasteiger partial charge >= 0.3 is 0 Å². The summed E-state index contributed by atoms with van der Waals surface area (Å²) in [5, 5.41) is 11.0. The van der Waals surface area contributed by atoms with E-state index in [2.05, 4.69) is 29.8 Å². The van der Waals surface area contributed by atoms with Gasteiger partial charge in [-0.25, -0.2) is 4.98 Å². The Kier molecular flexibility index (Phi) is 12.6. The Morgan fingerprint density at radius 1 is 0.781 bits per heavy atom. The number of unbranched alkanes of at least 4 members (excludes halogenated alkanes) is 6. The number of ether oxygens (including phenoxy) is 2. The van der Waals surface area contributed by atoms with E-state index in [0.29, 0.717) is 18.3 Å². The SMILES string of the molecule is CCCCCCNc1nc(NCCCCCC)c2cc(OC)c(OCCCNC)cc2n1. The number of fused-ring (bicyclic) bond motifs is 1. The van der Waals surface area contributed by atoms with Gasteiger partial charge in [0.05, 0.1) is 19.2 Å². The van der Waals surface area contributed by atoms with Crippen molar-refractivity contribution in [1.82, 2.24) is 15.3 Å². The summed E-state index contributed by atoms with van der Waals surface area (Å²) < 4.78 is 11.6. The Labute approximate surface area is 194 Å². The lowest BCUT2D eigenvalue weighted by Gasteiger charge is -2.15. The first-order valence-electron chi connectivity index (χ1n) is 12.4. The molecule has 0 spiro atoms. The largest absolute Gasteiger partial charge is 0.493 e. The minimum absolute atomic E-state index is 0.624. The van der Waals surface area contributed by atoms with Crippen molar-refractivity contribution >= 4 is 22.7 Å². The van der Waals surface area contributed by atoms with Crippen molar-refractivity contribution in [2.75, 3.05) is 51.0 Å². The zero-order valence-corrected chi connectivity index (χ0v) is 20.6. The number of anilines is 2. The van der Waals surface area contributed by atoms with Crippen LogP contribution in [0, 0.1) is 0 Å². The Bertz CT molecular complexity index is 785. The van der Waals surface area contributed by atoms with Crippen LogP contribution in [0.5, 0.6) is 11.5 Å². The fourth-order valence-corrected chi connectivity index (χ4v) is 3.56. The molecule has 0 aliphatic heterocycles. The number of hydrogen-bond acceptors (Lipinski definition) is 7. The molecule has 0 bridgehead atoms. The van der Waals surface area contributed by atoms with E-state index in [9.17, 15) is 0 Å². The van der Waals surface area contributed by atoms with Crippen LogP contribution in [0.4, 0.5) is 11.8 Å². The normalized spacial score (nSPS) is 11.0. The van der Waals surface area contributed by atoms with Crippen molar-refractivity contribution in [2.45, 2.75) is 71.6 Å². The molecule has 7 heteroatoms. The number of benzene rings is 1. The molecule has 0 fully saturated rings. The van der Waals surface area contributed by atoms with Crippen molar-refractivity contribution in [3.63, 3.8) is 0 Å². The predicted molar refractivity (Wildman–Crippen MR) is 135 cm³/mol. The molecule has 1 aromatic heterocycles. The van der Waals surface area contributed by atoms with Gasteiger partial charge < -0.3 is 25.4 Å². The van der Waals surface area contributed by atoms with Gasteiger partial charge in [-0.15, -0.1) is 0 Å². The van der Waals surface area contributed by atoms with Crippen LogP contribution < -0.4 is 25.4 Å². The van der Waals surface area contributed by atoms with E-state index in [1.54, 1.807) is 7.11 Å². The summed E-state index contributed by atoms with van der Waals surface area (Å²) >= 11 is 0. The highest BCUT2D eigenvalue weighted by Crippen LogP contribution is 2.35. The molecule has 32 heavy (non-hydrogen) atoms. The third-order valence-electron chi connectivity index (χ3n) is 5.45. The van der Waals surface area contributed by atoms with Gasteiger partial charge in [0.15, 0.2) is 11.5 Å². The van der Waals surface area contributed by atoms with Crippen LogP contribution in [-0.4, -0.2) is 50.4 Å². The van der Waals surface area contributed by atoms with Crippen LogP contribution in [0.25, 0.3) is 10.9 Å². The van der Waals surface area contributed by atoms with Crippen LogP contribution in [0.3, 0.4) is 0 Å². The number of nitrogens with one attached hydrogen (secondary N) is 3. The van der Waals surface area contributed by atoms with E-state index >= 15 is 0 Å². The average Bonchev–Trinajstić information content (AvgIpc) is 2.81. The Balaban J connectivity index is 2.22. The Morgan fingerprint density at radius 3 is 2.16 bits per heavy atom. The molecule has 1 aromatic carbocycles. The molecule has 0 atom stereocenters. The zero-order chi connectivity index (χ0) is 23.0. The second-order valence-electron chi connectivity index (χ2n) is 8.20. The molecular weight excluding hydrogens is 402 g/mol. The Morgan fingerprint density at radius 2 is 1.50 bits per heavy atom. The summed E-state index contributed by atoms with van der Waals surface area (Å²) in [7, 11) is 3.62. The topological polar surface area (TPSA) is 80.3 Å². The van der Waals surface area contributed by atoms with Crippen LogP contribution in [0.2, 0.25) is 0 Å². The van der Waals surface area contributed by atoms with Crippen molar-refractivity contribution in [3.05, 3.63) is 12.1 Å². The number of hydrogen-bond donors (Lipinski definition) is 3. The molecule has 0 aliphatic rings. The molecule has 2 aromatic rings. The third kappa shape index (κ3) is 8.69. The molecule has 7 nitrogen and oxygen atoms in total. The molecular formula is C25H43N5O2. The van der Waals surface area contributed by atoms with Crippen molar-refractivity contribution in [3.8, 4) is 11.5 Å². The van der Waals surface area contributed by atoms with Gasteiger partial charge in [-0.1, -0.05) is 52.4 Å². The highest BCUT2D eigenvalue weighted by Gasteiger charge is 2.14. The molecule has 0 aliphatic carbocycles. The predicted octanol–water partition coefficient (Wildman–Crippen LogP) is 5.61. The first kappa shape index (κ1) is 26.0. The highest BCUT2D eigenvalue weighted by atomic mass is 16.5. The first-order chi connectivity index (χ1) is 15.7. The summed E-state index contributed by atoms with van der Waals surface area (Å²) in [6.07, 6.45) is 10.6. The van der Waals surface area contributed by atoms with Crippen molar-refractivity contribution in [2.24, 2.45) is 0 Å². The van der Waals surface area contributed by atoms with Crippen LogP contribution in [0.15, 0.2) is 12.1 Å². The zero-order valence-electron chi connectivity index (χ0n) is 20.6. The monoisotopic (exact) mass is 445 g/mol. The summed E-state index contributed by atoms with van der Waals surface area (Å²) in [5.41, 5.74) is 0.858. The number of methoxy groups -OCH3 is 1. The third-order valence-corrected chi connectivity index (χ3v) is 5.45. The van der Waals surface area contributed by atoms with Crippen molar-refractivity contribution < 1.29 is 9.47 Å². The second-order valence-corrected chi connectivity index (χ2v) is 8.20. The van der Waals surface area contributed by atoms with Crippen LogP contribution >= 0.6 is 0 Å². The van der Waals surface area contributed by atoms with Gasteiger partial charge in [0.2, 0.25) is 5.95 Å². The standard InChI is InChI=1S/C25H43N5O2/c1-5-7-9-11-15-27-24-20-18-22(31-4)23(32-17-13-14-26-3)19-21(20)29-25(30-24)28-16-12-10-8-6-2/h18-19,26H,5-17H2,1-4H3,(H2,27,28,29,30). The molecule has 180 valence electrons. The number of aromatic nitrogens is 2. The van der Waals surface area contributed by atoms with Crippen LogP contribution in [-0.2, 0) is 0 Å². The summed E-state index contributed by atoms with van der Waals surface area (Å²) in [5.74, 6) is 2.94. The molecule has 2 rings (SSSR count). The second kappa shape index (κ2) is 15.5. The maximum absolute atomic E-state index is 6.00. The van der Waals surface area contributed by atoms with E-state index in [1.165, 1.54) is 38.5 Å². The fraction of sp³-hybridized carbons (Fsp3) is 0.680. The quantitative estimate of drug-likeness (QED) is 0.257. The summed E-state index contributed by atoms with van der Waals surface area (Å²) in [6.45, 7) is 7.77. The van der Waals surface area contributed by atoms with Crippen LogP contribution in [0.1, 0.15) is 71.6 Å². The van der Waals surface area contributed by atoms with Crippen molar-refractivity contribution in [1.29, 1.82) is 0 Å². The smallest absolute Gasteiger partial charge is 0.225 e. The lowest BCUT2D eigenvalue weighted by molar-refractivity contribution is 0.289. The minimum atomic E-state index is 0.624. The molecule has 1 heterocycles. The number of rotatable bonds is 18. The minimum Gasteiger partial charge on any atom is -0.493 e. The van der Waals surface area contributed by atoms with Gasteiger partial charge in [0.1, 0.15) is 5.82 Å². The lowest BCUT2D eigenvalue weighted by atomic mass is 10.2. The van der Waals surface area contributed by atoms with E-state index in [4.69, 9.17) is 19.4 Å². The number of nitrogens with zero attached hydrogens (tertiary/aromatic N) is 2. The van der Waals surface area contributed by atoms with E-state index in [1.807, 2.05) is 19.2 Å². The molecule has 0 saturated heterocycles. The van der Waals surface area contributed by atoms with E-state index in [-0.39, 0.29) is 0 Å². The van der Waals surface area contributed by atoms with E-state index < -0.39 is 0 Å². The fourth-order valence-electron chi connectivity index (χ4n) is 3.56. The Hall–Kier alpha value is -2.28. The molecule has 0 radical (unpaired) electrons. The van der Waals surface area contributed by atoms with Gasteiger partial charge in [0.25, 0.3) is 0 Å². The van der Waals surface area contributed by atoms with Gasteiger partial charge in [0, 0.05) is 24.5 Å². The first-order valence-corrected chi connectivity index (χ1v) is 12.4. The van der Waals surface area contributed by atoms with Gasteiger partial charge in [-0.2, -0.15) is 4.98 Å². The lowest BCUT2D eigenvalue weighted by Crippen LogP contribution is -2.12. The molecule has 0 unspecified atom stereocenters. The molecule has 3 N–H and O–H groups in total. The van der Waals surface area contributed by atoms with Gasteiger partial charge in [-0.3, -0.25) is 0 Å². The maximum atomic E-state index is 6.00. The average molecular weight is 446 g/mol. The molecule has 0 amide bonds. The van der Waals surface area contributed by atoms with Gasteiger partial charge in [-0.05, 0) is 38.9 Å². The van der Waals surface area contributed by atoms with E-state index in [0.717, 1.165) is 61.4 Å². The molecule has 0 saturated carbocycles. The highest BCUT2D eigenvalue weighted by molar-refractivity contribution is 5.92. The summed E-state index contributed by atoms with van der Waals surface area (Å²) in [4.78, 5) is 9.57. The maximum Gasteiger partial charge on any atom is 0.225 e.